The van der Waals surface area contributed by atoms with E-state index >= 15 is 0 Å². The van der Waals surface area contributed by atoms with Crippen LogP contribution in [0, 0.1) is 6.92 Å². The highest BCUT2D eigenvalue weighted by Gasteiger charge is 2.63. The monoisotopic (exact) mass is 475 g/mol. The first-order valence-corrected chi connectivity index (χ1v) is 12.6. The molecule has 2 aliphatic heterocycles. The minimum atomic E-state index is -4.07. The molecular weight excluding hydrogens is 450 g/mol. The molecule has 0 bridgehead atoms. The first-order valence-electron chi connectivity index (χ1n) is 11.1. The summed E-state index contributed by atoms with van der Waals surface area (Å²) in [6, 6.07) is 24.7. The quantitative estimate of drug-likeness (QED) is 0.509. The summed E-state index contributed by atoms with van der Waals surface area (Å²) in [4.78, 5) is 12.3. The van der Waals surface area contributed by atoms with Crippen LogP contribution in [0.2, 0.25) is 0 Å². The lowest BCUT2D eigenvalue weighted by Gasteiger charge is -2.40. The SMILES string of the molecule is Cc1ccc(S(=O)(=O)N2[C@H](C)[C@@H](c3ccccc3)O[C@]2(c2ccccc2)[C@@H]2C=CC(=O)O2)cc1. The number of nitrogens with zero attached hydrogens (tertiary/aromatic N) is 1. The Morgan fingerprint density at radius 2 is 1.50 bits per heavy atom. The molecule has 0 spiro atoms. The van der Waals surface area contributed by atoms with Crippen molar-refractivity contribution in [3.8, 4) is 0 Å². The van der Waals surface area contributed by atoms with Crippen molar-refractivity contribution in [1.82, 2.24) is 4.31 Å². The van der Waals surface area contributed by atoms with E-state index in [1.54, 1.807) is 42.5 Å². The van der Waals surface area contributed by atoms with Gasteiger partial charge in [0.15, 0.2) is 6.10 Å². The third-order valence-electron chi connectivity index (χ3n) is 6.37. The van der Waals surface area contributed by atoms with Gasteiger partial charge in [-0.05, 0) is 37.6 Å². The summed E-state index contributed by atoms with van der Waals surface area (Å²) in [6.07, 6.45) is 1.34. The predicted molar refractivity (Wildman–Crippen MR) is 127 cm³/mol. The topological polar surface area (TPSA) is 72.9 Å². The summed E-state index contributed by atoms with van der Waals surface area (Å²) < 4.78 is 42.2. The van der Waals surface area contributed by atoms with Crippen LogP contribution >= 0.6 is 0 Å². The van der Waals surface area contributed by atoms with Gasteiger partial charge in [0.25, 0.3) is 0 Å². The number of sulfonamides is 1. The van der Waals surface area contributed by atoms with Crippen LogP contribution in [0.3, 0.4) is 0 Å². The van der Waals surface area contributed by atoms with E-state index in [9.17, 15) is 13.2 Å². The van der Waals surface area contributed by atoms with Crippen molar-refractivity contribution in [1.29, 1.82) is 0 Å². The number of aryl methyl sites for hydroxylation is 1. The maximum absolute atomic E-state index is 14.2. The predicted octanol–water partition coefficient (Wildman–Crippen LogP) is 4.48. The van der Waals surface area contributed by atoms with Crippen molar-refractivity contribution in [2.45, 2.75) is 42.7 Å². The second-order valence-electron chi connectivity index (χ2n) is 8.58. The highest BCUT2D eigenvalue weighted by molar-refractivity contribution is 7.89. The van der Waals surface area contributed by atoms with Gasteiger partial charge in [-0.15, -0.1) is 0 Å². The molecule has 1 fully saturated rings. The Hall–Kier alpha value is -3.26. The summed E-state index contributed by atoms with van der Waals surface area (Å²) in [5, 5.41) is 0. The highest BCUT2D eigenvalue weighted by atomic mass is 32.2. The molecule has 0 radical (unpaired) electrons. The number of cyclic esters (lactones) is 1. The zero-order valence-electron chi connectivity index (χ0n) is 18.9. The summed E-state index contributed by atoms with van der Waals surface area (Å²) in [5.74, 6) is -0.535. The average molecular weight is 476 g/mol. The molecule has 5 rings (SSSR count). The fourth-order valence-corrected chi connectivity index (χ4v) is 6.65. The molecule has 34 heavy (non-hydrogen) atoms. The van der Waals surface area contributed by atoms with E-state index in [1.165, 1.54) is 10.4 Å². The Labute approximate surface area is 199 Å². The summed E-state index contributed by atoms with van der Waals surface area (Å²) in [6.45, 7) is 3.73. The maximum Gasteiger partial charge on any atom is 0.331 e. The van der Waals surface area contributed by atoms with Crippen molar-refractivity contribution in [2.24, 2.45) is 0 Å². The molecule has 4 atom stereocenters. The second-order valence-corrected chi connectivity index (χ2v) is 10.4. The van der Waals surface area contributed by atoms with E-state index in [4.69, 9.17) is 9.47 Å². The third-order valence-corrected chi connectivity index (χ3v) is 8.36. The van der Waals surface area contributed by atoms with Crippen LogP contribution in [-0.4, -0.2) is 30.8 Å². The second kappa shape index (κ2) is 8.51. The van der Waals surface area contributed by atoms with Crippen molar-refractivity contribution >= 4 is 16.0 Å². The molecule has 3 aromatic rings. The van der Waals surface area contributed by atoms with Crippen molar-refractivity contribution < 1.29 is 22.7 Å². The molecule has 1 saturated heterocycles. The van der Waals surface area contributed by atoms with E-state index in [0.29, 0.717) is 5.56 Å². The van der Waals surface area contributed by atoms with E-state index < -0.39 is 40.0 Å². The molecule has 2 heterocycles. The molecule has 6 nitrogen and oxygen atoms in total. The van der Waals surface area contributed by atoms with E-state index in [-0.39, 0.29) is 4.90 Å². The Balaban J connectivity index is 1.76. The Bertz CT molecular complexity index is 1320. The maximum atomic E-state index is 14.2. The zero-order valence-corrected chi connectivity index (χ0v) is 19.7. The Morgan fingerprint density at radius 3 is 2.09 bits per heavy atom. The fraction of sp³-hybridized carbons (Fsp3) is 0.222. The highest BCUT2D eigenvalue weighted by Crippen LogP contribution is 2.52. The normalized spacial score (nSPS) is 27.1. The van der Waals surface area contributed by atoms with Crippen LogP contribution in [0.5, 0.6) is 0 Å². The van der Waals surface area contributed by atoms with Crippen LogP contribution in [0.15, 0.2) is 102 Å². The van der Waals surface area contributed by atoms with Gasteiger partial charge in [0.1, 0.15) is 6.10 Å². The lowest BCUT2D eigenvalue weighted by molar-refractivity contribution is -0.173. The molecular formula is C27H25NO5S. The third kappa shape index (κ3) is 3.57. The number of ether oxygens (including phenoxy) is 2. The molecule has 0 aromatic heterocycles. The zero-order chi connectivity index (χ0) is 23.9. The number of carbonyl (C=O) groups is 1. The fourth-order valence-electron chi connectivity index (χ4n) is 4.79. The molecule has 0 amide bonds. The number of benzene rings is 3. The van der Waals surface area contributed by atoms with Gasteiger partial charge in [-0.2, -0.15) is 4.31 Å². The van der Waals surface area contributed by atoms with Gasteiger partial charge < -0.3 is 9.47 Å². The standard InChI is InChI=1S/C27H25NO5S/c1-19-13-15-23(16-14-19)34(30,31)28-20(2)26(21-9-5-3-6-10-21)33-27(28,22-11-7-4-8-12-22)24-17-18-25(29)32-24/h3-18,20,24,26H,1-2H3/t20-,24+,26+,27-/m1/s1. The van der Waals surface area contributed by atoms with Crippen molar-refractivity contribution in [2.75, 3.05) is 0 Å². The van der Waals surface area contributed by atoms with E-state index in [1.807, 2.05) is 62.4 Å². The van der Waals surface area contributed by atoms with Crippen LogP contribution in [0.25, 0.3) is 0 Å². The number of esters is 1. The van der Waals surface area contributed by atoms with E-state index in [2.05, 4.69) is 0 Å². The summed E-state index contributed by atoms with van der Waals surface area (Å²) in [7, 11) is -4.07. The largest absolute Gasteiger partial charge is 0.450 e. The number of carbonyl (C=O) groups excluding carboxylic acids is 1. The van der Waals surface area contributed by atoms with Crippen LogP contribution in [0.4, 0.5) is 0 Å². The Kier molecular flexibility index (Phi) is 5.64. The van der Waals surface area contributed by atoms with Crippen LogP contribution in [0.1, 0.15) is 29.7 Å². The molecule has 0 saturated carbocycles. The van der Waals surface area contributed by atoms with Gasteiger partial charge in [0.2, 0.25) is 15.7 Å². The van der Waals surface area contributed by atoms with Crippen molar-refractivity contribution in [3.05, 3.63) is 114 Å². The molecule has 3 aromatic carbocycles. The number of hydrogen-bond donors (Lipinski definition) is 0. The van der Waals surface area contributed by atoms with Gasteiger partial charge in [0.05, 0.1) is 10.9 Å². The first kappa shape index (κ1) is 22.5. The molecule has 7 heteroatoms. The molecule has 0 unspecified atom stereocenters. The van der Waals surface area contributed by atoms with Gasteiger partial charge in [-0.25, -0.2) is 13.2 Å². The lowest BCUT2D eigenvalue weighted by atomic mass is 9.96. The molecule has 2 aliphatic rings. The van der Waals surface area contributed by atoms with Crippen molar-refractivity contribution in [3.63, 3.8) is 0 Å². The summed E-state index contributed by atoms with van der Waals surface area (Å²) >= 11 is 0. The van der Waals surface area contributed by atoms with E-state index in [0.717, 1.165) is 11.1 Å². The van der Waals surface area contributed by atoms with Crippen LogP contribution in [-0.2, 0) is 30.0 Å². The molecule has 0 aliphatic carbocycles. The van der Waals surface area contributed by atoms with Gasteiger partial charge in [-0.1, -0.05) is 78.4 Å². The Morgan fingerprint density at radius 1 is 0.882 bits per heavy atom. The average Bonchev–Trinajstić information content (AvgIpc) is 3.42. The van der Waals surface area contributed by atoms with Crippen LogP contribution < -0.4 is 0 Å². The molecule has 0 N–H and O–H groups in total. The number of hydrogen-bond acceptors (Lipinski definition) is 5. The minimum Gasteiger partial charge on any atom is -0.450 e. The molecule has 174 valence electrons. The smallest absolute Gasteiger partial charge is 0.331 e. The lowest BCUT2D eigenvalue weighted by Crippen LogP contribution is -2.55. The van der Waals surface area contributed by atoms with Gasteiger partial charge in [-0.3, -0.25) is 0 Å². The number of rotatable bonds is 5. The first-order chi connectivity index (χ1) is 16.3. The summed E-state index contributed by atoms with van der Waals surface area (Å²) in [5.41, 5.74) is 0.785. The van der Waals surface area contributed by atoms with Gasteiger partial charge in [0, 0.05) is 11.6 Å². The van der Waals surface area contributed by atoms with Gasteiger partial charge >= 0.3 is 5.97 Å². The minimum absolute atomic E-state index is 0.149.